The van der Waals surface area contributed by atoms with E-state index in [2.05, 4.69) is 32.1 Å². The number of benzene rings is 1. The molecule has 4 heteroatoms. The molecule has 0 heterocycles. The smallest absolute Gasteiger partial charge is 0.124 e. The van der Waals surface area contributed by atoms with Gasteiger partial charge in [0.1, 0.15) is 5.82 Å². The van der Waals surface area contributed by atoms with Gasteiger partial charge in [-0.25, -0.2) is 4.39 Å². The summed E-state index contributed by atoms with van der Waals surface area (Å²) in [6.45, 7) is 10.0. The fourth-order valence-electron chi connectivity index (χ4n) is 1.54. The van der Waals surface area contributed by atoms with Crippen LogP contribution in [0.2, 0.25) is 0 Å². The molecule has 1 N–H and O–H groups in total. The van der Waals surface area contributed by atoms with E-state index >= 15 is 0 Å². The molecule has 0 fully saturated rings. The Hall–Kier alpha value is -1.31. The van der Waals surface area contributed by atoms with Crippen LogP contribution in [-0.4, -0.2) is 4.75 Å². The fourth-order valence-corrected chi connectivity index (χ4v) is 2.27. The summed E-state index contributed by atoms with van der Waals surface area (Å²) in [6, 6.07) is 6.35. The van der Waals surface area contributed by atoms with Crippen LogP contribution in [0, 0.1) is 17.1 Å². The molecule has 0 aliphatic carbocycles. The molecule has 0 bridgehead atoms. The van der Waals surface area contributed by atoms with Gasteiger partial charge in [0.2, 0.25) is 0 Å². The zero-order valence-electron chi connectivity index (χ0n) is 11.5. The number of halogens is 1. The third-order valence-electron chi connectivity index (χ3n) is 2.36. The lowest BCUT2D eigenvalue weighted by Gasteiger charge is -2.24. The Bertz CT molecular complexity index is 486. The van der Waals surface area contributed by atoms with E-state index in [0.29, 0.717) is 12.0 Å². The Kier molecular flexibility index (Phi) is 5.59. The summed E-state index contributed by atoms with van der Waals surface area (Å²) in [6.07, 6.45) is 2.47. The first-order chi connectivity index (χ1) is 8.85. The molecule has 1 rings (SSSR count). The molecule has 1 aromatic rings. The molecule has 1 unspecified atom stereocenters. The van der Waals surface area contributed by atoms with Crippen LogP contribution in [0.15, 0.2) is 30.9 Å². The lowest BCUT2D eigenvalue weighted by molar-refractivity contribution is 0.613. The van der Waals surface area contributed by atoms with Crippen molar-refractivity contribution in [1.82, 2.24) is 4.72 Å². The highest BCUT2D eigenvalue weighted by Gasteiger charge is 2.17. The van der Waals surface area contributed by atoms with E-state index in [1.165, 1.54) is 12.1 Å². The zero-order valence-corrected chi connectivity index (χ0v) is 12.4. The molecule has 0 saturated carbocycles. The van der Waals surface area contributed by atoms with E-state index in [1.54, 1.807) is 24.1 Å². The van der Waals surface area contributed by atoms with Crippen LogP contribution in [0.25, 0.3) is 0 Å². The van der Waals surface area contributed by atoms with Crippen LogP contribution in [0.1, 0.15) is 44.4 Å². The van der Waals surface area contributed by atoms with Crippen molar-refractivity contribution >= 4 is 11.9 Å². The maximum Gasteiger partial charge on any atom is 0.124 e. The molecule has 0 aliphatic rings. The number of nitrogens with one attached hydrogen (secondary N) is 1. The Morgan fingerprint density at radius 2 is 2.16 bits per heavy atom. The van der Waals surface area contributed by atoms with Crippen LogP contribution in [0.5, 0.6) is 0 Å². The predicted molar refractivity (Wildman–Crippen MR) is 79.1 cm³/mol. The van der Waals surface area contributed by atoms with E-state index in [0.717, 1.165) is 5.56 Å². The molecule has 0 aromatic heterocycles. The summed E-state index contributed by atoms with van der Waals surface area (Å²) in [5.74, 6) is -0.384. The van der Waals surface area contributed by atoms with Gasteiger partial charge in [0, 0.05) is 10.8 Å². The quantitative estimate of drug-likeness (QED) is 0.642. The third kappa shape index (κ3) is 5.46. The van der Waals surface area contributed by atoms with E-state index in [-0.39, 0.29) is 16.6 Å². The minimum absolute atomic E-state index is 0.0514. The van der Waals surface area contributed by atoms with Crippen LogP contribution in [0.3, 0.4) is 0 Å². The number of hydrogen-bond donors (Lipinski definition) is 1. The monoisotopic (exact) mass is 278 g/mol. The van der Waals surface area contributed by atoms with Crippen LogP contribution in [-0.2, 0) is 0 Å². The Morgan fingerprint density at radius 1 is 1.47 bits per heavy atom. The number of hydrogen-bond acceptors (Lipinski definition) is 3. The molecule has 0 spiro atoms. The van der Waals surface area contributed by atoms with Gasteiger partial charge < -0.3 is 0 Å². The average molecular weight is 278 g/mol. The number of nitriles is 1. The van der Waals surface area contributed by atoms with E-state index < -0.39 is 0 Å². The van der Waals surface area contributed by atoms with Gasteiger partial charge in [-0.3, -0.25) is 4.72 Å². The molecule has 1 atom stereocenters. The van der Waals surface area contributed by atoms with E-state index in [4.69, 9.17) is 5.26 Å². The first-order valence-electron chi connectivity index (χ1n) is 6.10. The molecule has 19 heavy (non-hydrogen) atoms. The average Bonchev–Trinajstić information content (AvgIpc) is 2.32. The minimum Gasteiger partial charge on any atom is -0.256 e. The third-order valence-corrected chi connectivity index (χ3v) is 3.38. The highest BCUT2D eigenvalue weighted by atomic mass is 32.2. The highest BCUT2D eigenvalue weighted by Crippen LogP contribution is 2.27. The predicted octanol–water partition coefficient (Wildman–Crippen LogP) is 4.35. The van der Waals surface area contributed by atoms with Crippen molar-refractivity contribution in [3.05, 3.63) is 47.8 Å². The molecule has 0 radical (unpaired) electrons. The van der Waals surface area contributed by atoms with E-state index in [1.807, 2.05) is 6.07 Å². The molecule has 0 aliphatic heterocycles. The normalized spacial score (nSPS) is 12.8. The second kappa shape index (κ2) is 6.74. The summed E-state index contributed by atoms with van der Waals surface area (Å²) in [5, 5.41) is 8.89. The number of nitrogens with zero attached hydrogens (tertiary/aromatic N) is 1. The summed E-state index contributed by atoms with van der Waals surface area (Å²) >= 11 is 1.59. The minimum atomic E-state index is -0.384. The maximum absolute atomic E-state index is 13.5. The lowest BCUT2D eigenvalue weighted by atomic mass is 10.0. The van der Waals surface area contributed by atoms with Gasteiger partial charge in [-0.2, -0.15) is 5.26 Å². The fraction of sp³-hybridized carbons (Fsp3) is 0.400. The van der Waals surface area contributed by atoms with Crippen molar-refractivity contribution in [1.29, 1.82) is 5.26 Å². The second-order valence-electron chi connectivity index (χ2n) is 5.29. The molecular weight excluding hydrogens is 259 g/mol. The maximum atomic E-state index is 13.5. The first kappa shape index (κ1) is 15.7. The Balaban J connectivity index is 2.95. The summed E-state index contributed by atoms with van der Waals surface area (Å²) < 4.78 is 16.9. The Labute approximate surface area is 118 Å². The van der Waals surface area contributed by atoms with Gasteiger partial charge in [0.25, 0.3) is 0 Å². The van der Waals surface area contributed by atoms with Crippen LogP contribution >= 0.6 is 11.9 Å². The summed E-state index contributed by atoms with van der Waals surface area (Å²) in [4.78, 5) is 0. The van der Waals surface area contributed by atoms with Crippen molar-refractivity contribution in [2.45, 2.75) is 38.0 Å². The molecule has 2 nitrogen and oxygen atoms in total. The van der Waals surface area contributed by atoms with Crippen LogP contribution in [0.4, 0.5) is 4.39 Å². The lowest BCUT2D eigenvalue weighted by Crippen LogP contribution is -2.21. The molecule has 1 aromatic carbocycles. The summed E-state index contributed by atoms with van der Waals surface area (Å²) in [5.41, 5.74) is 1.11. The number of rotatable bonds is 5. The highest BCUT2D eigenvalue weighted by molar-refractivity contribution is 7.98. The molecule has 0 saturated heterocycles. The van der Waals surface area contributed by atoms with Crippen LogP contribution < -0.4 is 4.72 Å². The van der Waals surface area contributed by atoms with Gasteiger partial charge >= 0.3 is 0 Å². The van der Waals surface area contributed by atoms with Crippen molar-refractivity contribution in [3.8, 4) is 6.07 Å². The SMILES string of the molecule is C=CCC(NSC(C)(C)C)c1cc(F)cc(C#N)c1. The van der Waals surface area contributed by atoms with Crippen molar-refractivity contribution in [3.63, 3.8) is 0 Å². The van der Waals surface area contributed by atoms with Crippen molar-refractivity contribution in [2.75, 3.05) is 0 Å². The first-order valence-corrected chi connectivity index (χ1v) is 6.92. The largest absolute Gasteiger partial charge is 0.256 e. The Morgan fingerprint density at radius 3 is 2.68 bits per heavy atom. The van der Waals surface area contributed by atoms with Crippen molar-refractivity contribution in [2.24, 2.45) is 0 Å². The molecule has 0 amide bonds. The topological polar surface area (TPSA) is 35.8 Å². The van der Waals surface area contributed by atoms with Gasteiger partial charge in [0.15, 0.2) is 0 Å². The standard InChI is InChI=1S/C15H19FN2S/c1-5-6-14(18-19-15(2,3)4)12-7-11(10-17)8-13(16)9-12/h5,7-9,14,18H,1,6H2,2-4H3. The van der Waals surface area contributed by atoms with Gasteiger partial charge in [0.05, 0.1) is 11.6 Å². The molecular formula is C15H19FN2S. The van der Waals surface area contributed by atoms with E-state index in [9.17, 15) is 4.39 Å². The van der Waals surface area contributed by atoms with Gasteiger partial charge in [-0.1, -0.05) is 18.0 Å². The molecule has 102 valence electrons. The van der Waals surface area contributed by atoms with Crippen molar-refractivity contribution < 1.29 is 4.39 Å². The van der Waals surface area contributed by atoms with Gasteiger partial charge in [-0.15, -0.1) is 6.58 Å². The zero-order chi connectivity index (χ0) is 14.5. The second-order valence-corrected chi connectivity index (χ2v) is 6.96. The summed E-state index contributed by atoms with van der Waals surface area (Å²) in [7, 11) is 0. The van der Waals surface area contributed by atoms with Gasteiger partial charge in [-0.05, 0) is 51.0 Å².